The van der Waals surface area contributed by atoms with Crippen LogP contribution in [0.5, 0.6) is 0 Å². The molecule has 2 aliphatic carbocycles. The highest BCUT2D eigenvalue weighted by molar-refractivity contribution is 7.89. The monoisotopic (exact) mass is 642 g/mol. The first kappa shape index (κ1) is 37.0. The van der Waals surface area contributed by atoms with E-state index in [1.165, 1.54) is 69.9 Å². The van der Waals surface area contributed by atoms with E-state index in [9.17, 15) is 21.2 Å². The van der Waals surface area contributed by atoms with Gasteiger partial charge >= 0.3 is 0 Å². The average molecular weight is 643 g/mol. The molecule has 2 atom stereocenters. The third kappa shape index (κ3) is 14.4. The summed E-state index contributed by atoms with van der Waals surface area (Å²) in [6, 6.07) is 8.19. The van der Waals surface area contributed by atoms with E-state index in [0.29, 0.717) is 16.6 Å². The van der Waals surface area contributed by atoms with Crippen LogP contribution < -0.4 is 21.3 Å². The largest absolute Gasteiger partial charge is 0.370 e. The first-order valence-corrected chi connectivity index (χ1v) is 18.1. The van der Waals surface area contributed by atoms with Gasteiger partial charge in [0.15, 0.2) is 10.1 Å². The second kappa shape index (κ2) is 16.2. The summed E-state index contributed by atoms with van der Waals surface area (Å²) in [6.45, 7) is 11.1. The predicted octanol–water partition coefficient (Wildman–Crippen LogP) is 5.17. The second-order valence-electron chi connectivity index (χ2n) is 13.3. The first-order valence-electron chi connectivity index (χ1n) is 15.0. The molecule has 13 heteroatoms. The summed E-state index contributed by atoms with van der Waals surface area (Å²) in [7, 11) is -7.61. The van der Waals surface area contributed by atoms with Gasteiger partial charge in [-0.25, -0.2) is 37.1 Å². The summed E-state index contributed by atoms with van der Waals surface area (Å²) < 4.78 is 55.8. The minimum absolute atomic E-state index is 0.0926. The number of rotatable bonds is 10. The third-order valence-electron chi connectivity index (χ3n) is 8.05. The molecule has 4 rings (SSSR count). The van der Waals surface area contributed by atoms with Gasteiger partial charge in [0.25, 0.3) is 20.0 Å². The van der Waals surface area contributed by atoms with E-state index in [1.807, 2.05) is 0 Å². The molecule has 2 aromatic rings. The molecule has 0 radical (unpaired) electrons. The Bertz CT molecular complexity index is 1370. The zero-order chi connectivity index (χ0) is 32.3. The van der Waals surface area contributed by atoms with Gasteiger partial charge in [-0.3, -0.25) is 0 Å². The molecule has 0 aromatic carbocycles. The Morgan fingerprint density at radius 1 is 0.814 bits per heavy atom. The maximum Gasteiger partial charge on any atom is 0.255 e. The lowest BCUT2D eigenvalue weighted by Crippen LogP contribution is -2.15. The molecule has 0 amide bonds. The Morgan fingerprint density at radius 2 is 1.30 bits per heavy atom. The van der Waals surface area contributed by atoms with Crippen molar-refractivity contribution in [2.45, 2.75) is 102 Å². The Morgan fingerprint density at radius 3 is 1.72 bits per heavy atom. The van der Waals surface area contributed by atoms with Gasteiger partial charge in [-0.1, -0.05) is 39.8 Å². The van der Waals surface area contributed by atoms with Crippen molar-refractivity contribution in [3.05, 3.63) is 42.3 Å². The molecule has 2 saturated carbocycles. The van der Waals surface area contributed by atoms with Crippen molar-refractivity contribution in [1.29, 1.82) is 0 Å². The molecule has 0 bridgehead atoms. The quantitative estimate of drug-likeness (QED) is 0.202. The molecule has 7 N–H and O–H groups in total. The Kier molecular flexibility index (Phi) is 14.0. The Balaban J connectivity index is 0.000000247. The number of primary sulfonamides is 2. The summed E-state index contributed by atoms with van der Waals surface area (Å²) in [4.78, 5) is 7.08. The molecular weight excluding hydrogens is 592 g/mol. The van der Waals surface area contributed by atoms with E-state index in [1.54, 1.807) is 12.1 Å². The Hall–Kier alpha value is -2.19. The fourth-order valence-electron chi connectivity index (χ4n) is 5.89. The van der Waals surface area contributed by atoms with Crippen LogP contribution in [0.3, 0.4) is 0 Å². The molecule has 2 heterocycles. The molecule has 0 spiro atoms. The summed E-state index contributed by atoms with van der Waals surface area (Å²) in [5, 5.41) is 12.4. The van der Waals surface area contributed by atoms with E-state index in [0.717, 1.165) is 43.5 Å². The van der Waals surface area contributed by atoms with Gasteiger partial charge in [0, 0.05) is 6.54 Å². The molecule has 43 heavy (non-hydrogen) atoms. The lowest BCUT2D eigenvalue weighted by molar-refractivity contribution is 0.352. The number of hydrogen-bond donors (Lipinski definition) is 4. The molecule has 0 saturated heterocycles. The van der Waals surface area contributed by atoms with Gasteiger partial charge in [-0.2, -0.15) is 4.39 Å². The van der Waals surface area contributed by atoms with Crippen LogP contribution in [0.2, 0.25) is 0 Å². The molecule has 2 fully saturated rings. The predicted molar refractivity (Wildman–Crippen MR) is 169 cm³/mol. The van der Waals surface area contributed by atoms with E-state index in [-0.39, 0.29) is 5.03 Å². The number of nitrogens with zero attached hydrogens (tertiary/aromatic N) is 2. The van der Waals surface area contributed by atoms with Crippen LogP contribution in [0.1, 0.15) is 91.9 Å². The van der Waals surface area contributed by atoms with Crippen molar-refractivity contribution in [3.63, 3.8) is 0 Å². The van der Waals surface area contributed by atoms with Gasteiger partial charge < -0.3 is 11.1 Å². The molecule has 2 aliphatic rings. The SMILES string of the molecule is CC1(C)CCC(CCCN)C1.CC1(C)CCC(CCCNc2cccc(S(N)(=O)=O)n2)C1.NS(=O)(=O)c1cccc(F)n1. The standard InChI is InChI=1S/C15H25N3O2S.C10H21N.C5H5FN2O2S/c1-15(2)9-8-12(11-15)5-4-10-17-13-6-3-7-14(18-13)21(16,19)20;1-10(2)6-5-9(8-10)4-3-7-11;6-4-2-1-3-5(8-4)11(7,9)10/h3,6-7,12H,4-5,8-11H2,1-2H3,(H,17,18)(H2,16,19,20);9H,3-8,11H2,1-2H3;1-3H,(H2,7,9,10). The molecule has 244 valence electrons. The maximum atomic E-state index is 12.3. The zero-order valence-electron chi connectivity index (χ0n) is 26.1. The van der Waals surface area contributed by atoms with Gasteiger partial charge in [0.05, 0.1) is 0 Å². The second-order valence-corrected chi connectivity index (χ2v) is 16.3. The van der Waals surface area contributed by atoms with Crippen LogP contribution in [0, 0.1) is 28.6 Å². The molecule has 0 aliphatic heterocycles. The van der Waals surface area contributed by atoms with Crippen molar-refractivity contribution in [1.82, 2.24) is 9.97 Å². The van der Waals surface area contributed by atoms with E-state index in [4.69, 9.17) is 10.9 Å². The number of anilines is 1. The number of hydrogen-bond acceptors (Lipinski definition) is 8. The summed E-state index contributed by atoms with van der Waals surface area (Å²) in [5.74, 6) is 1.50. The van der Waals surface area contributed by atoms with E-state index in [2.05, 4.69) is 48.1 Å². The van der Waals surface area contributed by atoms with Crippen molar-refractivity contribution >= 4 is 25.9 Å². The smallest absolute Gasteiger partial charge is 0.255 e. The number of pyridine rings is 2. The summed E-state index contributed by atoms with van der Waals surface area (Å²) in [6.07, 6.45) is 13.1. The molecule has 10 nitrogen and oxygen atoms in total. The Labute approximate surface area is 257 Å². The molecule has 2 aromatic heterocycles. The molecule has 2 unspecified atom stereocenters. The third-order valence-corrected chi connectivity index (χ3v) is 9.67. The van der Waals surface area contributed by atoms with Crippen LogP contribution in [0.4, 0.5) is 10.2 Å². The lowest BCUT2D eigenvalue weighted by atomic mass is 9.89. The van der Waals surface area contributed by atoms with Crippen molar-refractivity contribution in [2.24, 2.45) is 38.7 Å². The summed E-state index contributed by atoms with van der Waals surface area (Å²) >= 11 is 0. The molecular formula is C30H51FN6O4S2. The van der Waals surface area contributed by atoms with Crippen molar-refractivity contribution in [2.75, 3.05) is 18.4 Å². The minimum atomic E-state index is -3.88. The van der Waals surface area contributed by atoms with Crippen LogP contribution in [-0.4, -0.2) is 39.9 Å². The highest BCUT2D eigenvalue weighted by Crippen LogP contribution is 2.43. The number of halogens is 1. The maximum absolute atomic E-state index is 12.3. The van der Waals surface area contributed by atoms with Crippen LogP contribution in [0.15, 0.2) is 46.5 Å². The van der Waals surface area contributed by atoms with Crippen LogP contribution in [-0.2, 0) is 20.0 Å². The average Bonchev–Trinajstić information content (AvgIpc) is 3.45. The van der Waals surface area contributed by atoms with E-state index < -0.39 is 31.0 Å². The minimum Gasteiger partial charge on any atom is -0.370 e. The van der Waals surface area contributed by atoms with E-state index >= 15 is 0 Å². The number of nitrogens with two attached hydrogens (primary N) is 3. The normalized spacial score (nSPS) is 20.8. The fraction of sp³-hybridized carbons (Fsp3) is 0.667. The van der Waals surface area contributed by atoms with Crippen molar-refractivity contribution in [3.8, 4) is 0 Å². The number of nitrogens with one attached hydrogen (secondary N) is 1. The first-order chi connectivity index (χ1) is 19.9. The highest BCUT2D eigenvalue weighted by Gasteiger charge is 2.31. The van der Waals surface area contributed by atoms with Crippen LogP contribution in [0.25, 0.3) is 0 Å². The topological polar surface area (TPSA) is 184 Å². The van der Waals surface area contributed by atoms with Crippen molar-refractivity contribution < 1.29 is 21.2 Å². The highest BCUT2D eigenvalue weighted by atomic mass is 32.2. The van der Waals surface area contributed by atoms with Gasteiger partial charge in [-0.15, -0.1) is 0 Å². The van der Waals surface area contributed by atoms with Crippen LogP contribution >= 0.6 is 0 Å². The zero-order valence-corrected chi connectivity index (χ0v) is 27.7. The number of sulfonamides is 2. The lowest BCUT2D eigenvalue weighted by Gasteiger charge is -2.17. The fourth-order valence-corrected chi connectivity index (χ4v) is 6.86. The van der Waals surface area contributed by atoms with Gasteiger partial charge in [-0.05, 0) is 118 Å². The summed E-state index contributed by atoms with van der Waals surface area (Å²) in [5.41, 5.74) is 6.60. The van der Waals surface area contributed by atoms with Gasteiger partial charge in [0.2, 0.25) is 5.95 Å². The number of aromatic nitrogens is 2. The van der Waals surface area contributed by atoms with Gasteiger partial charge in [0.1, 0.15) is 5.82 Å².